The molecule has 1 atom stereocenters. The van der Waals surface area contributed by atoms with Crippen molar-refractivity contribution in [3.63, 3.8) is 0 Å². The quantitative estimate of drug-likeness (QED) is 0.543. The van der Waals surface area contributed by atoms with Gasteiger partial charge in [0.2, 0.25) is 0 Å². The fourth-order valence-corrected chi connectivity index (χ4v) is 3.21. The van der Waals surface area contributed by atoms with E-state index in [1.165, 1.54) is 18.2 Å². The number of carbonyl (C=O) groups excluding carboxylic acids is 1. The molecule has 0 radical (unpaired) electrons. The highest BCUT2D eigenvalue weighted by atomic mass is 19.1. The number of carbonyl (C=O) groups is 1. The standard InChI is InChI=1S/C19H13FO3/c20-12-7-5-11(6-8-12)15-9-18(22)23-17-10-16(21)13-3-1-2-4-14(13)19(15)17/h1-8,10,15,21H,9H2. The van der Waals surface area contributed by atoms with E-state index in [1.807, 2.05) is 24.3 Å². The molecule has 4 heteroatoms. The Balaban J connectivity index is 2.00. The van der Waals surface area contributed by atoms with Crippen molar-refractivity contribution in [2.45, 2.75) is 12.3 Å². The van der Waals surface area contributed by atoms with Crippen LogP contribution in [0, 0.1) is 5.82 Å². The number of benzene rings is 3. The highest BCUT2D eigenvalue weighted by Gasteiger charge is 2.31. The van der Waals surface area contributed by atoms with Crippen LogP contribution in [0.5, 0.6) is 11.5 Å². The number of rotatable bonds is 1. The van der Waals surface area contributed by atoms with Crippen LogP contribution >= 0.6 is 0 Å². The van der Waals surface area contributed by atoms with Gasteiger partial charge in [0.25, 0.3) is 0 Å². The second kappa shape index (κ2) is 5.09. The molecule has 0 aromatic heterocycles. The summed E-state index contributed by atoms with van der Waals surface area (Å²) in [5, 5.41) is 11.7. The predicted molar refractivity (Wildman–Crippen MR) is 84.1 cm³/mol. The van der Waals surface area contributed by atoms with Crippen LogP contribution < -0.4 is 4.74 Å². The third-order valence-electron chi connectivity index (χ3n) is 4.24. The monoisotopic (exact) mass is 308 g/mol. The first-order valence-corrected chi connectivity index (χ1v) is 7.34. The molecule has 3 aromatic carbocycles. The molecule has 1 heterocycles. The van der Waals surface area contributed by atoms with Crippen LogP contribution in [0.25, 0.3) is 10.8 Å². The van der Waals surface area contributed by atoms with Crippen molar-refractivity contribution in [1.82, 2.24) is 0 Å². The summed E-state index contributed by atoms with van der Waals surface area (Å²) in [6.07, 6.45) is 0.188. The Hall–Kier alpha value is -2.88. The third-order valence-corrected chi connectivity index (χ3v) is 4.24. The maximum atomic E-state index is 13.2. The van der Waals surface area contributed by atoms with Gasteiger partial charge in [-0.2, -0.15) is 0 Å². The third kappa shape index (κ3) is 2.23. The fraction of sp³-hybridized carbons (Fsp3) is 0.105. The van der Waals surface area contributed by atoms with Crippen molar-refractivity contribution in [3.8, 4) is 11.5 Å². The van der Waals surface area contributed by atoms with E-state index in [4.69, 9.17) is 4.74 Å². The average molecular weight is 308 g/mol. The number of halogens is 1. The Morgan fingerprint density at radius 2 is 1.74 bits per heavy atom. The van der Waals surface area contributed by atoms with E-state index in [2.05, 4.69) is 0 Å². The van der Waals surface area contributed by atoms with Crippen molar-refractivity contribution in [2.75, 3.05) is 0 Å². The van der Waals surface area contributed by atoms with Gasteiger partial charge >= 0.3 is 5.97 Å². The molecule has 0 bridgehead atoms. The highest BCUT2D eigenvalue weighted by molar-refractivity contribution is 5.96. The SMILES string of the molecule is O=C1CC(c2ccc(F)cc2)c2c(cc(O)c3ccccc23)O1. The van der Waals surface area contributed by atoms with Gasteiger partial charge in [-0.15, -0.1) is 0 Å². The van der Waals surface area contributed by atoms with Gasteiger partial charge in [0, 0.05) is 22.9 Å². The Morgan fingerprint density at radius 1 is 1.04 bits per heavy atom. The zero-order valence-corrected chi connectivity index (χ0v) is 12.1. The number of aromatic hydroxyl groups is 1. The van der Waals surface area contributed by atoms with Gasteiger partial charge in [0.15, 0.2) is 0 Å². The first kappa shape index (κ1) is 13.8. The Kier molecular flexibility index (Phi) is 3.05. The summed E-state index contributed by atoms with van der Waals surface area (Å²) < 4.78 is 18.5. The van der Waals surface area contributed by atoms with E-state index in [9.17, 15) is 14.3 Å². The van der Waals surface area contributed by atoms with E-state index in [0.29, 0.717) is 11.1 Å². The van der Waals surface area contributed by atoms with E-state index >= 15 is 0 Å². The molecular weight excluding hydrogens is 295 g/mol. The Bertz CT molecular complexity index is 916. The molecule has 0 saturated carbocycles. The first-order chi connectivity index (χ1) is 11.1. The van der Waals surface area contributed by atoms with Crippen LogP contribution in [-0.4, -0.2) is 11.1 Å². The molecule has 0 fully saturated rings. The minimum Gasteiger partial charge on any atom is -0.507 e. The van der Waals surface area contributed by atoms with Crippen molar-refractivity contribution < 1.29 is 19.0 Å². The van der Waals surface area contributed by atoms with E-state index in [-0.39, 0.29) is 29.9 Å². The molecule has 0 aliphatic carbocycles. The van der Waals surface area contributed by atoms with Gasteiger partial charge in [-0.3, -0.25) is 4.79 Å². The highest BCUT2D eigenvalue weighted by Crippen LogP contribution is 2.45. The molecule has 4 rings (SSSR count). The number of ether oxygens (including phenoxy) is 1. The molecule has 3 aromatic rings. The molecule has 0 amide bonds. The summed E-state index contributed by atoms with van der Waals surface area (Å²) in [4.78, 5) is 11.9. The fourth-order valence-electron chi connectivity index (χ4n) is 3.21. The molecule has 114 valence electrons. The predicted octanol–water partition coefficient (Wildman–Crippen LogP) is 4.13. The first-order valence-electron chi connectivity index (χ1n) is 7.34. The zero-order valence-electron chi connectivity index (χ0n) is 12.1. The zero-order chi connectivity index (χ0) is 16.0. The Morgan fingerprint density at radius 3 is 2.48 bits per heavy atom. The van der Waals surface area contributed by atoms with Gasteiger partial charge in [-0.1, -0.05) is 36.4 Å². The minimum atomic E-state index is -0.360. The van der Waals surface area contributed by atoms with Crippen molar-refractivity contribution in [1.29, 1.82) is 0 Å². The van der Waals surface area contributed by atoms with Crippen LogP contribution in [0.4, 0.5) is 4.39 Å². The lowest BCUT2D eigenvalue weighted by Gasteiger charge is -2.26. The normalized spacial score (nSPS) is 16.9. The van der Waals surface area contributed by atoms with Crippen LogP contribution in [-0.2, 0) is 4.79 Å². The average Bonchev–Trinajstić information content (AvgIpc) is 2.55. The molecular formula is C19H13FO3. The molecule has 1 aliphatic heterocycles. The van der Waals surface area contributed by atoms with E-state index in [0.717, 1.165) is 16.5 Å². The molecule has 0 saturated heterocycles. The lowest BCUT2D eigenvalue weighted by atomic mass is 9.83. The number of phenolic OH excluding ortho intramolecular Hbond substituents is 1. The van der Waals surface area contributed by atoms with Crippen LogP contribution in [0.3, 0.4) is 0 Å². The van der Waals surface area contributed by atoms with Crippen LogP contribution in [0.2, 0.25) is 0 Å². The molecule has 23 heavy (non-hydrogen) atoms. The molecule has 1 unspecified atom stereocenters. The minimum absolute atomic E-state index is 0.0758. The van der Waals surface area contributed by atoms with Gasteiger partial charge < -0.3 is 9.84 Å². The van der Waals surface area contributed by atoms with Crippen molar-refractivity contribution >= 4 is 16.7 Å². The van der Waals surface area contributed by atoms with Gasteiger partial charge in [0.05, 0.1) is 6.42 Å². The lowest BCUT2D eigenvalue weighted by molar-refractivity contribution is -0.135. The molecule has 1 N–H and O–H groups in total. The van der Waals surface area contributed by atoms with E-state index < -0.39 is 0 Å². The van der Waals surface area contributed by atoms with Gasteiger partial charge in [0.1, 0.15) is 17.3 Å². The molecule has 0 spiro atoms. The van der Waals surface area contributed by atoms with Crippen molar-refractivity contribution in [2.24, 2.45) is 0 Å². The lowest BCUT2D eigenvalue weighted by Crippen LogP contribution is -2.21. The topological polar surface area (TPSA) is 46.5 Å². The summed E-state index contributed by atoms with van der Waals surface area (Å²) in [7, 11) is 0. The van der Waals surface area contributed by atoms with Crippen molar-refractivity contribution in [3.05, 3.63) is 71.5 Å². The smallest absolute Gasteiger partial charge is 0.312 e. The summed E-state index contributed by atoms with van der Waals surface area (Å²) in [6, 6.07) is 15.1. The number of phenols is 1. The van der Waals surface area contributed by atoms with Gasteiger partial charge in [-0.25, -0.2) is 4.39 Å². The second-order valence-corrected chi connectivity index (χ2v) is 5.64. The summed E-state index contributed by atoms with van der Waals surface area (Å²) >= 11 is 0. The molecule has 1 aliphatic rings. The Labute approximate surface area is 131 Å². The number of hydrogen-bond donors (Lipinski definition) is 1. The van der Waals surface area contributed by atoms with Crippen LogP contribution in [0.15, 0.2) is 54.6 Å². The van der Waals surface area contributed by atoms with Gasteiger partial charge in [-0.05, 0) is 23.1 Å². The maximum absolute atomic E-state index is 13.2. The maximum Gasteiger partial charge on any atom is 0.312 e. The number of fused-ring (bicyclic) bond motifs is 3. The summed E-state index contributed by atoms with van der Waals surface area (Å²) in [5.74, 6) is -0.458. The number of hydrogen-bond acceptors (Lipinski definition) is 3. The van der Waals surface area contributed by atoms with Crippen LogP contribution in [0.1, 0.15) is 23.5 Å². The summed E-state index contributed by atoms with van der Waals surface area (Å²) in [5.41, 5.74) is 1.70. The van der Waals surface area contributed by atoms with E-state index in [1.54, 1.807) is 12.1 Å². The number of esters is 1. The second-order valence-electron chi connectivity index (χ2n) is 5.64. The largest absolute Gasteiger partial charge is 0.507 e. The molecule has 3 nitrogen and oxygen atoms in total. The summed E-state index contributed by atoms with van der Waals surface area (Å²) in [6.45, 7) is 0.